The minimum Gasteiger partial charge on any atom is -0.480 e. The summed E-state index contributed by atoms with van der Waals surface area (Å²) in [6, 6.07) is 5.61. The normalized spacial score (nSPS) is 11.5. The van der Waals surface area contributed by atoms with Crippen LogP contribution in [0.15, 0.2) is 24.3 Å². The number of anilines is 2. The molecule has 5 N–H and O–H groups in total. The van der Waals surface area contributed by atoms with Gasteiger partial charge < -0.3 is 20.4 Å². The fourth-order valence-electron chi connectivity index (χ4n) is 1.66. The molecule has 0 aliphatic carbocycles. The van der Waals surface area contributed by atoms with Crippen molar-refractivity contribution < 1.29 is 14.7 Å². The summed E-state index contributed by atoms with van der Waals surface area (Å²) in [4.78, 5) is 32.1. The summed E-state index contributed by atoms with van der Waals surface area (Å²) in [5.74, 6) is -1.22. The SMILES string of the molecule is CC(Nc1ccc(C(=O)Nc2nc(=S)[nH]c(=S)[nH]2)cc1)C(=O)O. The second kappa shape index (κ2) is 7.11. The molecule has 1 aromatic carbocycles. The highest BCUT2D eigenvalue weighted by molar-refractivity contribution is 7.71. The summed E-state index contributed by atoms with van der Waals surface area (Å²) in [7, 11) is 0. The van der Waals surface area contributed by atoms with Crippen molar-refractivity contribution >= 4 is 47.9 Å². The Balaban J connectivity index is 2.09. The first-order chi connectivity index (χ1) is 10.8. The fraction of sp³-hybridized carbons (Fsp3) is 0.154. The molecule has 0 bridgehead atoms. The van der Waals surface area contributed by atoms with Crippen LogP contribution in [-0.2, 0) is 4.79 Å². The topological polar surface area (TPSA) is 123 Å². The number of amides is 1. The second-order valence-corrected chi connectivity index (χ2v) is 5.38. The lowest BCUT2D eigenvalue weighted by Crippen LogP contribution is -2.25. The lowest BCUT2D eigenvalue weighted by atomic mass is 10.2. The van der Waals surface area contributed by atoms with Crippen LogP contribution >= 0.6 is 24.4 Å². The maximum atomic E-state index is 12.1. The number of hydrogen-bond donors (Lipinski definition) is 5. The van der Waals surface area contributed by atoms with E-state index in [0.717, 1.165) is 0 Å². The number of rotatable bonds is 5. The van der Waals surface area contributed by atoms with Crippen molar-refractivity contribution in [3.05, 3.63) is 39.4 Å². The molecule has 0 aliphatic heterocycles. The summed E-state index contributed by atoms with van der Waals surface area (Å²) >= 11 is 9.78. The molecule has 8 nitrogen and oxygen atoms in total. The summed E-state index contributed by atoms with van der Waals surface area (Å²) < 4.78 is 0.411. The van der Waals surface area contributed by atoms with Gasteiger partial charge in [0.05, 0.1) is 0 Å². The molecule has 120 valence electrons. The van der Waals surface area contributed by atoms with Gasteiger partial charge in [0.25, 0.3) is 5.91 Å². The molecule has 1 aromatic heterocycles. The van der Waals surface area contributed by atoms with Crippen molar-refractivity contribution in [2.45, 2.75) is 13.0 Å². The third-order valence-electron chi connectivity index (χ3n) is 2.80. The molecule has 10 heteroatoms. The van der Waals surface area contributed by atoms with E-state index in [2.05, 4.69) is 25.6 Å². The van der Waals surface area contributed by atoms with Gasteiger partial charge in [0, 0.05) is 11.3 Å². The van der Waals surface area contributed by atoms with Crippen molar-refractivity contribution in [3.63, 3.8) is 0 Å². The van der Waals surface area contributed by atoms with Crippen LogP contribution in [-0.4, -0.2) is 38.0 Å². The molecule has 2 rings (SSSR count). The van der Waals surface area contributed by atoms with E-state index < -0.39 is 17.9 Å². The number of nitrogens with zero attached hydrogens (tertiary/aromatic N) is 1. The maximum Gasteiger partial charge on any atom is 0.325 e. The number of carbonyl (C=O) groups is 2. The minimum absolute atomic E-state index is 0.144. The first-order valence-corrected chi connectivity index (χ1v) is 7.28. The van der Waals surface area contributed by atoms with E-state index in [1.807, 2.05) is 0 Å². The zero-order valence-electron chi connectivity index (χ0n) is 11.9. The van der Waals surface area contributed by atoms with Gasteiger partial charge in [0.1, 0.15) is 6.04 Å². The Hall–Kier alpha value is -2.59. The molecule has 0 aliphatic rings. The van der Waals surface area contributed by atoms with Gasteiger partial charge in [0.15, 0.2) is 4.77 Å². The van der Waals surface area contributed by atoms with Crippen molar-refractivity contribution in [3.8, 4) is 0 Å². The number of nitrogens with one attached hydrogen (secondary N) is 4. The van der Waals surface area contributed by atoms with Gasteiger partial charge in [-0.05, 0) is 55.6 Å². The Bertz CT molecular complexity index is 815. The molecule has 1 atom stereocenters. The van der Waals surface area contributed by atoms with Crippen LogP contribution in [0.3, 0.4) is 0 Å². The van der Waals surface area contributed by atoms with Gasteiger partial charge >= 0.3 is 5.97 Å². The Kier molecular flexibility index (Phi) is 5.19. The first-order valence-electron chi connectivity index (χ1n) is 6.46. The Morgan fingerprint density at radius 3 is 2.43 bits per heavy atom. The Labute approximate surface area is 141 Å². The van der Waals surface area contributed by atoms with Crippen molar-refractivity contribution in [1.82, 2.24) is 15.0 Å². The lowest BCUT2D eigenvalue weighted by molar-refractivity contribution is -0.137. The van der Waals surface area contributed by atoms with Crippen LogP contribution in [0.2, 0.25) is 0 Å². The Morgan fingerprint density at radius 2 is 1.87 bits per heavy atom. The largest absolute Gasteiger partial charge is 0.480 e. The molecule has 0 saturated heterocycles. The standard InChI is InChI=1S/C13H13N5O3S2/c1-6(10(20)21)14-8-4-2-7(3-5-8)9(19)15-11-16-12(22)18-13(23)17-11/h2-6,14H,1H3,(H,20,21)(H3,15,16,17,18,19,22,23). The highest BCUT2D eigenvalue weighted by Crippen LogP contribution is 2.12. The van der Waals surface area contributed by atoms with Crippen LogP contribution in [0.1, 0.15) is 17.3 Å². The highest BCUT2D eigenvalue weighted by atomic mass is 32.1. The van der Waals surface area contributed by atoms with Crippen LogP contribution in [0.4, 0.5) is 11.6 Å². The molecule has 0 fully saturated rings. The number of H-pyrrole nitrogens is 2. The maximum absolute atomic E-state index is 12.1. The van der Waals surface area contributed by atoms with E-state index in [1.54, 1.807) is 24.3 Å². The van der Waals surface area contributed by atoms with Crippen molar-refractivity contribution in [1.29, 1.82) is 0 Å². The number of hydrogen-bond acceptors (Lipinski definition) is 6. The van der Waals surface area contributed by atoms with Gasteiger partial charge in [-0.15, -0.1) is 0 Å². The fourth-order valence-corrected chi connectivity index (χ4v) is 2.11. The van der Waals surface area contributed by atoms with Gasteiger partial charge in [-0.1, -0.05) is 0 Å². The first kappa shape index (κ1) is 16.8. The monoisotopic (exact) mass is 351 g/mol. The van der Waals surface area contributed by atoms with Crippen LogP contribution in [0, 0.1) is 9.54 Å². The quantitative estimate of drug-likeness (QED) is 0.524. The zero-order chi connectivity index (χ0) is 17.0. The number of aromatic amines is 2. The highest BCUT2D eigenvalue weighted by Gasteiger charge is 2.11. The summed E-state index contributed by atoms with van der Waals surface area (Å²) in [6.45, 7) is 1.52. The molecule has 1 heterocycles. The molecule has 0 spiro atoms. The molecule has 0 saturated carbocycles. The summed E-state index contributed by atoms with van der Waals surface area (Å²) in [5.41, 5.74) is 0.967. The van der Waals surface area contributed by atoms with Crippen LogP contribution in [0.25, 0.3) is 0 Å². The van der Waals surface area contributed by atoms with Gasteiger partial charge in [-0.25, -0.2) is 0 Å². The summed E-state index contributed by atoms with van der Waals surface area (Å²) in [6.07, 6.45) is 0. The zero-order valence-corrected chi connectivity index (χ0v) is 13.5. The second-order valence-electron chi connectivity index (χ2n) is 4.58. The predicted octanol–water partition coefficient (Wildman–Crippen LogP) is 2.33. The molecular formula is C13H13N5O3S2. The molecule has 1 unspecified atom stereocenters. The third kappa shape index (κ3) is 4.69. The van der Waals surface area contributed by atoms with Crippen molar-refractivity contribution in [2.24, 2.45) is 0 Å². The van der Waals surface area contributed by atoms with E-state index in [0.29, 0.717) is 11.3 Å². The predicted molar refractivity (Wildman–Crippen MR) is 89.7 cm³/mol. The number of aliphatic carboxylic acids is 1. The molecular weight excluding hydrogens is 338 g/mol. The molecule has 2 aromatic rings. The molecule has 23 heavy (non-hydrogen) atoms. The van der Waals surface area contributed by atoms with Crippen LogP contribution < -0.4 is 10.6 Å². The molecule has 1 amide bonds. The number of carbonyl (C=O) groups excluding carboxylic acids is 1. The van der Waals surface area contributed by atoms with E-state index >= 15 is 0 Å². The van der Waals surface area contributed by atoms with E-state index in [9.17, 15) is 9.59 Å². The Morgan fingerprint density at radius 1 is 1.22 bits per heavy atom. The smallest absolute Gasteiger partial charge is 0.325 e. The lowest BCUT2D eigenvalue weighted by Gasteiger charge is -2.11. The number of carboxylic acid groups (broad SMARTS) is 1. The van der Waals surface area contributed by atoms with Gasteiger partial charge in [-0.2, -0.15) is 4.98 Å². The third-order valence-corrected chi connectivity index (χ3v) is 3.20. The van der Waals surface area contributed by atoms with Gasteiger partial charge in [-0.3, -0.25) is 14.9 Å². The average molecular weight is 351 g/mol. The van der Waals surface area contributed by atoms with Crippen molar-refractivity contribution in [2.75, 3.05) is 10.6 Å². The van der Waals surface area contributed by atoms with Crippen LogP contribution in [0.5, 0.6) is 0 Å². The number of carboxylic acids is 1. The average Bonchev–Trinajstić information content (AvgIpc) is 2.46. The van der Waals surface area contributed by atoms with Gasteiger partial charge in [0.2, 0.25) is 10.7 Å². The van der Waals surface area contributed by atoms with E-state index in [1.165, 1.54) is 6.92 Å². The number of aromatic nitrogens is 3. The van der Waals surface area contributed by atoms with E-state index in [4.69, 9.17) is 29.5 Å². The van der Waals surface area contributed by atoms with E-state index in [-0.39, 0.29) is 15.5 Å². The number of benzene rings is 1. The molecule has 0 radical (unpaired) electrons. The minimum atomic E-state index is -0.964. The summed E-state index contributed by atoms with van der Waals surface area (Å²) in [5, 5.41) is 14.2.